The van der Waals surface area contributed by atoms with Crippen LogP contribution in [0.15, 0.2) is 0 Å². The van der Waals surface area contributed by atoms with Crippen LogP contribution in [0, 0.1) is 0 Å². The van der Waals surface area contributed by atoms with Gasteiger partial charge in [-0.2, -0.15) is 0 Å². The van der Waals surface area contributed by atoms with E-state index in [9.17, 15) is 15.3 Å². The Bertz CT molecular complexity index is 199. The van der Waals surface area contributed by atoms with E-state index in [-0.39, 0.29) is 6.04 Å². The SMILES string of the molecule is CC1CCC(O)[C@@H]2C(O)[C@@H](O)CN12. The molecule has 2 rings (SSSR count). The molecule has 2 fully saturated rings. The summed E-state index contributed by atoms with van der Waals surface area (Å²) < 4.78 is 0. The van der Waals surface area contributed by atoms with E-state index in [1.165, 1.54) is 0 Å². The van der Waals surface area contributed by atoms with Crippen LogP contribution in [0.25, 0.3) is 0 Å². The molecule has 0 aromatic heterocycles. The highest BCUT2D eigenvalue weighted by molar-refractivity contribution is 5.01. The lowest BCUT2D eigenvalue weighted by atomic mass is 9.93. The molecule has 0 radical (unpaired) electrons. The summed E-state index contributed by atoms with van der Waals surface area (Å²) in [5, 5.41) is 28.8. The molecule has 0 bridgehead atoms. The molecule has 2 aliphatic heterocycles. The molecule has 0 aromatic rings. The number of rotatable bonds is 0. The van der Waals surface area contributed by atoms with Gasteiger partial charge in [-0.15, -0.1) is 0 Å². The van der Waals surface area contributed by atoms with E-state index < -0.39 is 18.3 Å². The quantitative estimate of drug-likeness (QED) is 0.452. The number of hydrogen-bond donors (Lipinski definition) is 3. The lowest BCUT2D eigenvalue weighted by molar-refractivity contribution is -0.0422. The van der Waals surface area contributed by atoms with Gasteiger partial charge in [0.1, 0.15) is 0 Å². The van der Waals surface area contributed by atoms with Crippen LogP contribution >= 0.6 is 0 Å². The van der Waals surface area contributed by atoms with Crippen molar-refractivity contribution in [3.05, 3.63) is 0 Å². The van der Waals surface area contributed by atoms with Crippen LogP contribution in [0.1, 0.15) is 19.8 Å². The predicted octanol–water partition coefficient (Wildman–Crippen LogP) is -1.06. The largest absolute Gasteiger partial charge is 0.391 e. The fourth-order valence-electron chi connectivity index (χ4n) is 2.54. The van der Waals surface area contributed by atoms with E-state index >= 15 is 0 Å². The van der Waals surface area contributed by atoms with Gasteiger partial charge in [0.05, 0.1) is 24.4 Å². The Balaban J connectivity index is 2.17. The van der Waals surface area contributed by atoms with Gasteiger partial charge in [-0.05, 0) is 19.8 Å². The summed E-state index contributed by atoms with van der Waals surface area (Å²) in [7, 11) is 0. The summed E-state index contributed by atoms with van der Waals surface area (Å²) in [4.78, 5) is 2.02. The fraction of sp³-hybridized carbons (Fsp3) is 1.00. The highest BCUT2D eigenvalue weighted by Crippen LogP contribution is 2.31. The first-order valence-corrected chi connectivity index (χ1v) is 4.91. The Morgan fingerprint density at radius 2 is 1.77 bits per heavy atom. The molecule has 3 N–H and O–H groups in total. The second-order valence-corrected chi connectivity index (χ2v) is 4.24. The molecule has 0 spiro atoms. The highest BCUT2D eigenvalue weighted by atomic mass is 16.3. The van der Waals surface area contributed by atoms with Crippen LogP contribution in [-0.4, -0.2) is 57.2 Å². The van der Waals surface area contributed by atoms with Crippen molar-refractivity contribution >= 4 is 0 Å². The number of nitrogens with zero attached hydrogens (tertiary/aromatic N) is 1. The van der Waals surface area contributed by atoms with Crippen LogP contribution < -0.4 is 0 Å². The van der Waals surface area contributed by atoms with Crippen molar-refractivity contribution in [2.75, 3.05) is 6.54 Å². The second kappa shape index (κ2) is 3.20. The summed E-state index contributed by atoms with van der Waals surface area (Å²) >= 11 is 0. The Labute approximate surface area is 77.8 Å². The van der Waals surface area contributed by atoms with Crippen LogP contribution in [0.5, 0.6) is 0 Å². The average Bonchev–Trinajstić information content (AvgIpc) is 2.38. The summed E-state index contributed by atoms with van der Waals surface area (Å²) in [6.07, 6.45) is -0.287. The number of aliphatic hydroxyl groups is 3. The van der Waals surface area contributed by atoms with E-state index in [1.54, 1.807) is 0 Å². The topological polar surface area (TPSA) is 63.9 Å². The average molecular weight is 187 g/mol. The molecule has 0 saturated carbocycles. The van der Waals surface area contributed by atoms with Crippen molar-refractivity contribution in [1.29, 1.82) is 0 Å². The minimum Gasteiger partial charge on any atom is -0.391 e. The summed E-state index contributed by atoms with van der Waals surface area (Å²) in [5.41, 5.74) is 0. The molecule has 13 heavy (non-hydrogen) atoms. The first-order valence-electron chi connectivity index (χ1n) is 4.91. The van der Waals surface area contributed by atoms with E-state index in [0.29, 0.717) is 12.6 Å². The molecule has 0 aliphatic carbocycles. The molecule has 76 valence electrons. The normalized spacial score (nSPS) is 52.2. The van der Waals surface area contributed by atoms with Crippen LogP contribution in [0.3, 0.4) is 0 Å². The molecule has 2 saturated heterocycles. The molecule has 4 nitrogen and oxygen atoms in total. The van der Waals surface area contributed by atoms with Crippen LogP contribution in [0.4, 0.5) is 0 Å². The maximum absolute atomic E-state index is 9.67. The fourth-order valence-corrected chi connectivity index (χ4v) is 2.54. The molecule has 4 heteroatoms. The molecular formula is C9H17NO3. The van der Waals surface area contributed by atoms with E-state index in [1.807, 2.05) is 4.90 Å². The lowest BCUT2D eigenvalue weighted by Gasteiger charge is -2.39. The zero-order chi connectivity index (χ0) is 9.59. The van der Waals surface area contributed by atoms with Crippen LogP contribution in [-0.2, 0) is 0 Å². The minimum absolute atomic E-state index is 0.251. The Morgan fingerprint density at radius 3 is 2.38 bits per heavy atom. The molecule has 0 aromatic carbocycles. The van der Waals surface area contributed by atoms with Gasteiger partial charge >= 0.3 is 0 Å². The van der Waals surface area contributed by atoms with Gasteiger partial charge in [0.15, 0.2) is 0 Å². The summed E-state index contributed by atoms with van der Waals surface area (Å²) in [6, 6.07) is 0.110. The lowest BCUT2D eigenvalue weighted by Crippen LogP contribution is -2.52. The van der Waals surface area contributed by atoms with Gasteiger partial charge in [0, 0.05) is 12.6 Å². The standard InChI is InChI=1S/C9H17NO3/c1-5-2-3-6(11)8-9(13)7(12)4-10(5)8/h5-9,11-13H,2-4H2,1H3/t5?,6?,7-,8+,9?/m0/s1. The highest BCUT2D eigenvalue weighted by Gasteiger charge is 2.47. The third kappa shape index (κ3) is 1.38. The van der Waals surface area contributed by atoms with Gasteiger partial charge in [0.2, 0.25) is 0 Å². The van der Waals surface area contributed by atoms with Crippen LogP contribution in [0.2, 0.25) is 0 Å². The zero-order valence-electron chi connectivity index (χ0n) is 7.80. The molecule has 5 atom stereocenters. The van der Waals surface area contributed by atoms with E-state index in [4.69, 9.17) is 0 Å². The van der Waals surface area contributed by atoms with Crippen molar-refractivity contribution < 1.29 is 15.3 Å². The molecular weight excluding hydrogens is 170 g/mol. The Hall–Kier alpha value is -0.160. The van der Waals surface area contributed by atoms with Crippen molar-refractivity contribution in [2.45, 2.75) is 50.2 Å². The zero-order valence-corrected chi connectivity index (χ0v) is 7.80. The third-order valence-corrected chi connectivity index (χ3v) is 3.37. The van der Waals surface area contributed by atoms with Gasteiger partial charge in [-0.3, -0.25) is 4.90 Å². The second-order valence-electron chi connectivity index (χ2n) is 4.24. The smallest absolute Gasteiger partial charge is 0.0991 e. The Kier molecular flexibility index (Phi) is 2.32. The van der Waals surface area contributed by atoms with E-state index in [0.717, 1.165) is 12.8 Å². The number of aliphatic hydroxyl groups excluding tert-OH is 3. The van der Waals surface area contributed by atoms with Gasteiger partial charge in [-0.1, -0.05) is 0 Å². The molecule has 2 heterocycles. The monoisotopic (exact) mass is 187 g/mol. The van der Waals surface area contributed by atoms with Gasteiger partial charge < -0.3 is 15.3 Å². The molecule has 3 unspecified atom stereocenters. The van der Waals surface area contributed by atoms with E-state index in [2.05, 4.69) is 6.92 Å². The maximum Gasteiger partial charge on any atom is 0.0991 e. The van der Waals surface area contributed by atoms with Crippen molar-refractivity contribution in [1.82, 2.24) is 4.90 Å². The van der Waals surface area contributed by atoms with Crippen molar-refractivity contribution in [3.8, 4) is 0 Å². The summed E-state index contributed by atoms with van der Waals surface area (Å²) in [5.74, 6) is 0. The predicted molar refractivity (Wildman–Crippen MR) is 47.2 cm³/mol. The number of fused-ring (bicyclic) bond motifs is 1. The molecule has 0 amide bonds. The van der Waals surface area contributed by atoms with Crippen molar-refractivity contribution in [3.63, 3.8) is 0 Å². The number of piperidine rings is 1. The van der Waals surface area contributed by atoms with Crippen molar-refractivity contribution in [2.24, 2.45) is 0 Å². The maximum atomic E-state index is 9.67. The minimum atomic E-state index is -0.780. The van der Waals surface area contributed by atoms with Gasteiger partial charge in [0.25, 0.3) is 0 Å². The molecule has 2 aliphatic rings. The summed E-state index contributed by atoms with van der Waals surface area (Å²) in [6.45, 7) is 2.56. The first kappa shape index (κ1) is 9.40. The number of hydrogen-bond acceptors (Lipinski definition) is 4. The third-order valence-electron chi connectivity index (χ3n) is 3.37. The van der Waals surface area contributed by atoms with Gasteiger partial charge in [-0.25, -0.2) is 0 Å². The first-order chi connectivity index (χ1) is 6.11. The Morgan fingerprint density at radius 1 is 1.08 bits per heavy atom.